The van der Waals surface area contributed by atoms with Crippen LogP contribution in [0.1, 0.15) is 46.5 Å². The summed E-state index contributed by atoms with van der Waals surface area (Å²) in [6.07, 6.45) is 3.38. The highest BCUT2D eigenvalue weighted by Gasteiger charge is 2.53. The summed E-state index contributed by atoms with van der Waals surface area (Å²) in [7, 11) is 0. The van der Waals surface area contributed by atoms with E-state index in [0.29, 0.717) is 13.1 Å². The number of carbonyl (C=O) groups is 2. The molecule has 6 heteroatoms. The maximum atomic E-state index is 12.1. The highest BCUT2D eigenvalue weighted by molar-refractivity contribution is 5.85. The summed E-state index contributed by atoms with van der Waals surface area (Å²) < 4.78 is 5.42. The van der Waals surface area contributed by atoms with E-state index in [9.17, 15) is 9.59 Å². The van der Waals surface area contributed by atoms with E-state index < -0.39 is 5.60 Å². The Morgan fingerprint density at radius 1 is 1.29 bits per heavy atom. The number of carbonyl (C=O) groups excluding carboxylic acids is 2. The zero-order valence-electron chi connectivity index (χ0n) is 13.1. The first kappa shape index (κ1) is 14.6. The Morgan fingerprint density at radius 2 is 1.95 bits per heavy atom. The zero-order chi connectivity index (χ0) is 15.3. The molecule has 3 saturated heterocycles. The number of nitrogens with zero attached hydrogens (tertiary/aromatic N) is 2. The van der Waals surface area contributed by atoms with Gasteiger partial charge in [0.1, 0.15) is 5.60 Å². The molecule has 0 unspecified atom stereocenters. The summed E-state index contributed by atoms with van der Waals surface area (Å²) in [4.78, 5) is 28.3. The van der Waals surface area contributed by atoms with E-state index in [1.54, 1.807) is 4.90 Å². The average Bonchev–Trinajstić information content (AvgIpc) is 2.94. The van der Waals surface area contributed by atoms with Crippen LogP contribution in [0, 0.1) is 0 Å². The van der Waals surface area contributed by atoms with Crippen LogP contribution in [0.4, 0.5) is 4.79 Å². The molecule has 3 rings (SSSR count). The Morgan fingerprint density at radius 3 is 2.57 bits per heavy atom. The van der Waals surface area contributed by atoms with E-state index >= 15 is 0 Å². The van der Waals surface area contributed by atoms with Crippen molar-refractivity contribution in [1.29, 1.82) is 0 Å². The lowest BCUT2D eigenvalue weighted by atomic mass is 9.96. The van der Waals surface area contributed by atoms with Crippen LogP contribution < -0.4 is 5.32 Å². The molecule has 3 heterocycles. The summed E-state index contributed by atoms with van der Waals surface area (Å²) in [5, 5.41) is 3.19. The van der Waals surface area contributed by atoms with Crippen molar-refractivity contribution < 1.29 is 14.3 Å². The molecule has 0 aromatic heterocycles. The van der Waals surface area contributed by atoms with Crippen molar-refractivity contribution in [3.05, 3.63) is 0 Å². The first-order chi connectivity index (χ1) is 9.81. The van der Waals surface area contributed by atoms with Crippen molar-refractivity contribution in [1.82, 2.24) is 15.1 Å². The van der Waals surface area contributed by atoms with Crippen LogP contribution in [-0.2, 0) is 9.53 Å². The molecule has 0 aromatic rings. The molecular weight excluding hydrogens is 270 g/mol. The van der Waals surface area contributed by atoms with Gasteiger partial charge < -0.3 is 15.0 Å². The minimum Gasteiger partial charge on any atom is -0.444 e. The van der Waals surface area contributed by atoms with E-state index in [1.807, 2.05) is 20.8 Å². The monoisotopic (exact) mass is 295 g/mol. The summed E-state index contributed by atoms with van der Waals surface area (Å²) >= 11 is 0. The number of fused-ring (bicyclic) bond motifs is 2. The lowest BCUT2D eigenvalue weighted by Gasteiger charge is -2.44. The van der Waals surface area contributed by atoms with Crippen molar-refractivity contribution >= 4 is 12.0 Å². The predicted octanol–water partition coefficient (Wildman–Crippen LogP) is 1.31. The first-order valence-electron chi connectivity index (χ1n) is 7.87. The highest BCUT2D eigenvalue weighted by atomic mass is 16.6. The van der Waals surface area contributed by atoms with Crippen LogP contribution >= 0.6 is 0 Å². The highest BCUT2D eigenvalue weighted by Crippen LogP contribution is 2.38. The third-order valence-corrected chi connectivity index (χ3v) is 4.70. The lowest BCUT2D eigenvalue weighted by molar-refractivity contribution is -0.121. The average molecular weight is 295 g/mol. The van der Waals surface area contributed by atoms with Gasteiger partial charge >= 0.3 is 6.09 Å². The van der Waals surface area contributed by atoms with E-state index in [4.69, 9.17) is 4.74 Å². The fraction of sp³-hybridized carbons (Fsp3) is 0.867. The van der Waals surface area contributed by atoms with Gasteiger partial charge in [0.2, 0.25) is 5.91 Å². The standard InChI is InChI=1S/C15H25N3O3/c1-14(2,3)21-13(20)17-9-6-15(7-10-17)16-12(19)11-5-4-8-18(11)15/h11H,4-10H2,1-3H3,(H,16,19)/t11-/m0/s1. The summed E-state index contributed by atoms with van der Waals surface area (Å²) in [6.45, 7) is 7.89. The quantitative estimate of drug-likeness (QED) is 0.732. The fourth-order valence-corrected chi connectivity index (χ4v) is 3.73. The Balaban J connectivity index is 1.63. The second kappa shape index (κ2) is 4.87. The molecule has 1 N–H and O–H groups in total. The number of likely N-dealkylation sites (tertiary alicyclic amines) is 1. The van der Waals surface area contributed by atoms with Gasteiger partial charge in [-0.2, -0.15) is 0 Å². The SMILES string of the molecule is CC(C)(C)OC(=O)N1CCC2(CC1)NC(=O)[C@@H]1CCCN12. The van der Waals surface area contributed by atoms with Gasteiger partial charge in [0, 0.05) is 32.5 Å². The van der Waals surface area contributed by atoms with Gasteiger partial charge in [-0.15, -0.1) is 0 Å². The molecule has 1 spiro atoms. The Hall–Kier alpha value is -1.30. The minimum atomic E-state index is -0.464. The molecule has 0 aromatic carbocycles. The predicted molar refractivity (Wildman–Crippen MR) is 77.6 cm³/mol. The molecule has 0 aliphatic carbocycles. The molecular formula is C15H25N3O3. The third-order valence-electron chi connectivity index (χ3n) is 4.70. The van der Waals surface area contributed by atoms with Gasteiger partial charge in [0.25, 0.3) is 0 Å². The largest absolute Gasteiger partial charge is 0.444 e. The Kier molecular flexibility index (Phi) is 3.39. The van der Waals surface area contributed by atoms with E-state index in [2.05, 4.69) is 10.2 Å². The lowest BCUT2D eigenvalue weighted by Crippen LogP contribution is -2.59. The normalized spacial score (nSPS) is 28.6. The van der Waals surface area contributed by atoms with Gasteiger partial charge in [-0.3, -0.25) is 9.69 Å². The van der Waals surface area contributed by atoms with Crippen molar-refractivity contribution in [2.24, 2.45) is 0 Å². The maximum absolute atomic E-state index is 12.1. The molecule has 1 atom stereocenters. The summed E-state index contributed by atoms with van der Waals surface area (Å²) in [6, 6.07) is 0.0538. The molecule has 21 heavy (non-hydrogen) atoms. The van der Waals surface area contributed by atoms with E-state index in [1.165, 1.54) is 0 Å². The molecule has 0 saturated carbocycles. The minimum absolute atomic E-state index is 0.0538. The zero-order valence-corrected chi connectivity index (χ0v) is 13.1. The van der Waals surface area contributed by atoms with Crippen LogP contribution in [0.15, 0.2) is 0 Å². The van der Waals surface area contributed by atoms with Crippen LogP contribution in [0.3, 0.4) is 0 Å². The van der Waals surface area contributed by atoms with Crippen molar-refractivity contribution in [2.75, 3.05) is 19.6 Å². The third kappa shape index (κ3) is 2.61. The number of hydrogen-bond acceptors (Lipinski definition) is 4. The number of ether oxygens (including phenoxy) is 1. The van der Waals surface area contributed by atoms with Gasteiger partial charge in [0.05, 0.1) is 11.7 Å². The fourth-order valence-electron chi connectivity index (χ4n) is 3.73. The van der Waals surface area contributed by atoms with Gasteiger partial charge in [0.15, 0.2) is 0 Å². The molecule has 0 bridgehead atoms. The second-order valence-corrected chi connectivity index (χ2v) is 7.34. The van der Waals surface area contributed by atoms with E-state index in [0.717, 1.165) is 32.2 Å². The van der Waals surface area contributed by atoms with Crippen LogP contribution in [0.5, 0.6) is 0 Å². The molecule has 2 amide bonds. The van der Waals surface area contributed by atoms with Crippen molar-refractivity contribution in [3.63, 3.8) is 0 Å². The van der Waals surface area contributed by atoms with Gasteiger partial charge in [-0.25, -0.2) is 4.79 Å². The topological polar surface area (TPSA) is 61.9 Å². The molecule has 3 aliphatic rings. The molecule has 3 aliphatic heterocycles. The molecule has 3 fully saturated rings. The number of nitrogens with one attached hydrogen (secondary N) is 1. The second-order valence-electron chi connectivity index (χ2n) is 7.34. The molecule has 6 nitrogen and oxygen atoms in total. The van der Waals surface area contributed by atoms with Crippen molar-refractivity contribution in [2.45, 2.75) is 63.8 Å². The number of piperidine rings is 1. The first-order valence-corrected chi connectivity index (χ1v) is 7.87. The smallest absolute Gasteiger partial charge is 0.410 e. The number of amides is 2. The van der Waals surface area contributed by atoms with Crippen LogP contribution in [-0.4, -0.2) is 58.7 Å². The maximum Gasteiger partial charge on any atom is 0.410 e. The van der Waals surface area contributed by atoms with Crippen LogP contribution in [0.25, 0.3) is 0 Å². The Labute approximate surface area is 125 Å². The summed E-state index contributed by atoms with van der Waals surface area (Å²) in [5.74, 6) is 0.165. The number of hydrogen-bond donors (Lipinski definition) is 1. The summed E-state index contributed by atoms with van der Waals surface area (Å²) in [5.41, 5.74) is -0.690. The van der Waals surface area contributed by atoms with Crippen molar-refractivity contribution in [3.8, 4) is 0 Å². The van der Waals surface area contributed by atoms with Crippen LogP contribution in [0.2, 0.25) is 0 Å². The number of rotatable bonds is 0. The van der Waals surface area contributed by atoms with Gasteiger partial charge in [-0.05, 0) is 33.6 Å². The molecule has 118 valence electrons. The van der Waals surface area contributed by atoms with Gasteiger partial charge in [-0.1, -0.05) is 0 Å². The molecule has 0 radical (unpaired) electrons. The Bertz CT molecular complexity index is 450. The van der Waals surface area contributed by atoms with E-state index in [-0.39, 0.29) is 23.7 Å².